The van der Waals surface area contributed by atoms with Crippen molar-refractivity contribution in [1.29, 1.82) is 5.26 Å². The molecule has 0 fully saturated rings. The van der Waals surface area contributed by atoms with Gasteiger partial charge in [-0.1, -0.05) is 55.4 Å². The summed E-state index contributed by atoms with van der Waals surface area (Å²) in [6.07, 6.45) is 3.66. The molecule has 1 heterocycles. The van der Waals surface area contributed by atoms with Crippen LogP contribution >= 0.6 is 11.8 Å². The molecular weight excluding hydrogens is 396 g/mol. The second-order valence-electron chi connectivity index (χ2n) is 6.72. The first kappa shape index (κ1) is 21.5. The van der Waals surface area contributed by atoms with Gasteiger partial charge in [0.05, 0.1) is 23.9 Å². The van der Waals surface area contributed by atoms with Gasteiger partial charge >= 0.3 is 0 Å². The third-order valence-corrected chi connectivity index (χ3v) is 5.49. The van der Waals surface area contributed by atoms with Crippen LogP contribution in [0, 0.1) is 11.3 Å². The van der Waals surface area contributed by atoms with E-state index in [0.717, 1.165) is 30.6 Å². The Morgan fingerprint density at radius 3 is 2.63 bits per heavy atom. The number of rotatable bonds is 10. The van der Waals surface area contributed by atoms with Gasteiger partial charge in [0, 0.05) is 12.2 Å². The smallest absolute Gasteiger partial charge is 0.237 e. The summed E-state index contributed by atoms with van der Waals surface area (Å²) in [6, 6.07) is 19.6. The van der Waals surface area contributed by atoms with E-state index in [2.05, 4.69) is 40.7 Å². The predicted octanol–water partition coefficient (Wildman–Crippen LogP) is 4.04. The molecule has 0 aliphatic heterocycles. The molecule has 8 heteroatoms. The lowest BCUT2D eigenvalue weighted by Crippen LogP contribution is -2.33. The lowest BCUT2D eigenvalue weighted by atomic mass is 10.1. The molecule has 0 aliphatic carbocycles. The number of benzene rings is 2. The van der Waals surface area contributed by atoms with Crippen LogP contribution in [-0.2, 0) is 11.2 Å². The van der Waals surface area contributed by atoms with Crippen LogP contribution in [0.3, 0.4) is 0 Å². The molecule has 154 valence electrons. The largest absolute Gasteiger partial charge is 0.311 e. The molecular formula is C22H24N6OS. The van der Waals surface area contributed by atoms with E-state index in [4.69, 9.17) is 5.26 Å². The quantitative estimate of drug-likeness (QED) is 0.460. The number of carbonyl (C=O) groups excluding carboxylic acids is 1. The molecule has 0 unspecified atom stereocenters. The summed E-state index contributed by atoms with van der Waals surface area (Å²) in [6.45, 7) is 2.53. The molecule has 3 rings (SSSR count). The first-order chi connectivity index (χ1) is 14.7. The first-order valence-electron chi connectivity index (χ1n) is 9.95. The zero-order chi connectivity index (χ0) is 21.2. The summed E-state index contributed by atoms with van der Waals surface area (Å²) >= 11 is 1.28. The van der Waals surface area contributed by atoms with Crippen molar-refractivity contribution in [2.75, 3.05) is 17.2 Å². The zero-order valence-electron chi connectivity index (χ0n) is 16.9. The summed E-state index contributed by atoms with van der Waals surface area (Å²) in [4.78, 5) is 14.5. The van der Waals surface area contributed by atoms with Crippen molar-refractivity contribution in [3.63, 3.8) is 0 Å². The van der Waals surface area contributed by atoms with E-state index < -0.39 is 0 Å². The number of thioether (sulfide) groups is 1. The highest BCUT2D eigenvalue weighted by molar-refractivity contribution is 7.99. The third kappa shape index (κ3) is 5.67. The van der Waals surface area contributed by atoms with Crippen molar-refractivity contribution in [2.24, 2.45) is 0 Å². The van der Waals surface area contributed by atoms with Gasteiger partial charge in [0.15, 0.2) is 0 Å². The van der Waals surface area contributed by atoms with E-state index in [1.807, 2.05) is 42.5 Å². The van der Waals surface area contributed by atoms with Crippen LogP contribution in [-0.4, -0.2) is 38.4 Å². The number of amides is 1. The lowest BCUT2D eigenvalue weighted by Gasteiger charge is -2.21. The maximum absolute atomic E-state index is 12.9. The first-order valence-corrected chi connectivity index (χ1v) is 10.9. The average Bonchev–Trinajstić information content (AvgIpc) is 3.26. The highest BCUT2D eigenvalue weighted by Crippen LogP contribution is 2.21. The van der Waals surface area contributed by atoms with E-state index in [1.54, 1.807) is 9.58 Å². The average molecular weight is 421 g/mol. The summed E-state index contributed by atoms with van der Waals surface area (Å²) in [5.74, 6) is 0.0841. The van der Waals surface area contributed by atoms with Crippen LogP contribution in [0.4, 0.5) is 5.69 Å². The van der Waals surface area contributed by atoms with E-state index in [-0.39, 0.29) is 18.1 Å². The number of anilines is 1. The molecule has 0 aliphatic rings. The van der Waals surface area contributed by atoms with Gasteiger partial charge in [-0.05, 0) is 53.1 Å². The number of hydrogen-bond donors (Lipinski definition) is 0. The Balaban J connectivity index is 1.68. The predicted molar refractivity (Wildman–Crippen MR) is 118 cm³/mol. The Morgan fingerprint density at radius 1 is 1.17 bits per heavy atom. The minimum Gasteiger partial charge on any atom is -0.311 e. The van der Waals surface area contributed by atoms with Gasteiger partial charge in [0.2, 0.25) is 11.1 Å². The Labute approximate surface area is 180 Å². The van der Waals surface area contributed by atoms with Crippen LogP contribution in [0.2, 0.25) is 0 Å². The molecule has 0 radical (unpaired) electrons. The molecule has 0 atom stereocenters. The topological polar surface area (TPSA) is 87.7 Å². The minimum absolute atomic E-state index is 0.0917. The molecule has 1 aromatic heterocycles. The number of aromatic nitrogens is 4. The molecule has 0 saturated carbocycles. The van der Waals surface area contributed by atoms with E-state index >= 15 is 0 Å². The fourth-order valence-corrected chi connectivity index (χ4v) is 3.75. The number of unbranched alkanes of at least 4 members (excludes halogenated alkanes) is 1. The maximum atomic E-state index is 12.9. The maximum Gasteiger partial charge on any atom is 0.237 e. The summed E-state index contributed by atoms with van der Waals surface area (Å²) in [7, 11) is 0. The Bertz CT molecular complexity index is 981. The number of nitriles is 1. The van der Waals surface area contributed by atoms with Gasteiger partial charge < -0.3 is 4.90 Å². The van der Waals surface area contributed by atoms with Crippen molar-refractivity contribution in [3.8, 4) is 11.8 Å². The van der Waals surface area contributed by atoms with Crippen LogP contribution in [0.5, 0.6) is 0 Å². The van der Waals surface area contributed by atoms with Crippen molar-refractivity contribution in [2.45, 2.75) is 37.8 Å². The SMILES string of the molecule is CCCCc1ccc(-n2nnnc2SCC(=O)N(CCC#N)c2ccccc2)cc1. The molecule has 1 amide bonds. The highest BCUT2D eigenvalue weighted by atomic mass is 32.2. The summed E-state index contributed by atoms with van der Waals surface area (Å²) in [5.41, 5.74) is 2.93. The van der Waals surface area contributed by atoms with Crippen molar-refractivity contribution >= 4 is 23.4 Å². The van der Waals surface area contributed by atoms with E-state index in [1.165, 1.54) is 17.3 Å². The van der Waals surface area contributed by atoms with Gasteiger partial charge in [0.25, 0.3) is 0 Å². The molecule has 0 spiro atoms. The monoisotopic (exact) mass is 420 g/mol. The highest BCUT2D eigenvalue weighted by Gasteiger charge is 2.18. The Kier molecular flexibility index (Phi) is 7.98. The van der Waals surface area contributed by atoms with E-state index in [0.29, 0.717) is 11.7 Å². The van der Waals surface area contributed by atoms with Gasteiger partial charge in [0.1, 0.15) is 0 Å². The molecule has 7 nitrogen and oxygen atoms in total. The normalized spacial score (nSPS) is 10.5. The number of carbonyl (C=O) groups is 1. The third-order valence-electron chi connectivity index (χ3n) is 4.58. The van der Waals surface area contributed by atoms with Crippen LogP contribution in [0.15, 0.2) is 59.8 Å². The van der Waals surface area contributed by atoms with Crippen LogP contribution in [0.1, 0.15) is 31.7 Å². The van der Waals surface area contributed by atoms with Crippen LogP contribution in [0.25, 0.3) is 5.69 Å². The number of hydrogen-bond acceptors (Lipinski definition) is 6. The second-order valence-corrected chi connectivity index (χ2v) is 7.66. The molecule has 3 aromatic rings. The fraction of sp³-hybridized carbons (Fsp3) is 0.318. The Hall–Kier alpha value is -3.18. The second kappa shape index (κ2) is 11.1. The zero-order valence-corrected chi connectivity index (χ0v) is 17.8. The molecule has 0 bridgehead atoms. The standard InChI is InChI=1S/C22H24N6OS/c1-2-3-8-18-11-13-20(14-12-18)28-22(24-25-26-28)30-17-21(29)27(16-7-15-23)19-9-5-4-6-10-19/h4-6,9-14H,2-3,7-8,16-17H2,1H3. The van der Waals surface area contributed by atoms with E-state index in [9.17, 15) is 4.79 Å². The molecule has 0 N–H and O–H groups in total. The van der Waals surface area contributed by atoms with Gasteiger partial charge in [-0.15, -0.1) is 5.10 Å². The van der Waals surface area contributed by atoms with Gasteiger partial charge in [-0.2, -0.15) is 9.94 Å². The number of para-hydroxylation sites is 1. The molecule has 2 aromatic carbocycles. The van der Waals surface area contributed by atoms with Crippen molar-refractivity contribution < 1.29 is 4.79 Å². The van der Waals surface area contributed by atoms with Gasteiger partial charge in [-0.25, -0.2) is 0 Å². The molecule has 30 heavy (non-hydrogen) atoms. The number of tetrazole rings is 1. The molecule has 0 saturated heterocycles. The summed E-state index contributed by atoms with van der Waals surface area (Å²) < 4.78 is 1.64. The minimum atomic E-state index is -0.0917. The number of aryl methyl sites for hydroxylation is 1. The number of nitrogens with zero attached hydrogens (tertiary/aromatic N) is 6. The van der Waals surface area contributed by atoms with Crippen molar-refractivity contribution in [1.82, 2.24) is 20.2 Å². The lowest BCUT2D eigenvalue weighted by molar-refractivity contribution is -0.116. The van der Waals surface area contributed by atoms with Crippen molar-refractivity contribution in [3.05, 3.63) is 60.2 Å². The van der Waals surface area contributed by atoms with Gasteiger partial charge in [-0.3, -0.25) is 4.79 Å². The van der Waals surface area contributed by atoms with Crippen LogP contribution < -0.4 is 4.90 Å². The Morgan fingerprint density at radius 2 is 1.93 bits per heavy atom. The fourth-order valence-electron chi connectivity index (χ4n) is 2.99. The summed E-state index contributed by atoms with van der Waals surface area (Å²) in [5, 5.41) is 21.4.